The molecule has 2 aliphatic rings. The van der Waals surface area contributed by atoms with Crippen LogP contribution in [0.2, 0.25) is 0 Å². The lowest BCUT2D eigenvalue weighted by Gasteiger charge is -2.39. The third-order valence-electron chi connectivity index (χ3n) is 6.23. The normalized spacial score (nSPS) is 19.5. The highest BCUT2D eigenvalue weighted by Gasteiger charge is 2.35. The number of hydrogen-bond acceptors (Lipinski definition) is 6. The number of anilines is 2. The van der Waals surface area contributed by atoms with E-state index in [0.717, 1.165) is 23.4 Å². The van der Waals surface area contributed by atoms with Crippen LogP contribution < -0.4 is 15.5 Å². The summed E-state index contributed by atoms with van der Waals surface area (Å²) in [6.45, 7) is 5.24. The number of nitrogens with one attached hydrogen (secondary N) is 2. The molecule has 0 spiro atoms. The van der Waals surface area contributed by atoms with Crippen molar-refractivity contribution in [3.63, 3.8) is 0 Å². The van der Waals surface area contributed by atoms with Crippen molar-refractivity contribution < 1.29 is 22.7 Å². The van der Waals surface area contributed by atoms with Crippen LogP contribution in [-0.2, 0) is 17.7 Å². The van der Waals surface area contributed by atoms with Crippen LogP contribution in [0.5, 0.6) is 0 Å². The molecule has 0 bridgehead atoms. The molecule has 2 N–H and O–H groups in total. The molecule has 2 unspecified atom stereocenters. The van der Waals surface area contributed by atoms with E-state index >= 15 is 0 Å². The zero-order valence-corrected chi connectivity index (χ0v) is 22.4. The first kappa shape index (κ1) is 26.9. The SMILES string of the molecule is CCC1COCCN1c1nc(-c2ccc(NC(=O)NC(C)I)cc2)nc2c1CCN(CC(F)(F)F)C2. The highest BCUT2D eigenvalue weighted by atomic mass is 127. The molecule has 2 aliphatic heterocycles. The molecule has 3 heterocycles. The van der Waals surface area contributed by atoms with Gasteiger partial charge in [-0.1, -0.05) is 29.5 Å². The number of carbonyl (C=O) groups is 1. The smallest absolute Gasteiger partial charge is 0.377 e. The van der Waals surface area contributed by atoms with Crippen LogP contribution in [0.4, 0.5) is 29.5 Å². The molecule has 2 aromatic rings. The summed E-state index contributed by atoms with van der Waals surface area (Å²) in [5.74, 6) is 1.24. The van der Waals surface area contributed by atoms with Crippen LogP contribution >= 0.6 is 22.6 Å². The molecule has 0 aliphatic carbocycles. The Labute approximate surface area is 222 Å². The maximum absolute atomic E-state index is 13.1. The van der Waals surface area contributed by atoms with Gasteiger partial charge < -0.3 is 20.3 Å². The van der Waals surface area contributed by atoms with Crippen LogP contribution in [0.1, 0.15) is 31.5 Å². The first-order chi connectivity index (χ1) is 17.1. The van der Waals surface area contributed by atoms with E-state index in [0.29, 0.717) is 49.9 Å². The second-order valence-corrected chi connectivity index (χ2v) is 10.9. The predicted molar refractivity (Wildman–Crippen MR) is 140 cm³/mol. The molecule has 2 atom stereocenters. The summed E-state index contributed by atoms with van der Waals surface area (Å²) >= 11 is 2.10. The Morgan fingerprint density at radius 2 is 2.00 bits per heavy atom. The number of benzene rings is 1. The van der Waals surface area contributed by atoms with E-state index in [4.69, 9.17) is 14.7 Å². The Morgan fingerprint density at radius 1 is 1.25 bits per heavy atom. The fraction of sp³-hybridized carbons (Fsp3) is 0.542. The fourth-order valence-electron chi connectivity index (χ4n) is 4.54. The highest BCUT2D eigenvalue weighted by molar-refractivity contribution is 14.1. The van der Waals surface area contributed by atoms with Gasteiger partial charge in [0.25, 0.3) is 0 Å². The number of urea groups is 1. The van der Waals surface area contributed by atoms with Crippen molar-refractivity contribution in [3.05, 3.63) is 35.5 Å². The molecule has 1 saturated heterocycles. The number of alkyl halides is 4. The molecular formula is C24H30F3IN6O2. The molecule has 2 amide bonds. The Balaban J connectivity index is 1.66. The third kappa shape index (κ3) is 6.76. The molecule has 36 heavy (non-hydrogen) atoms. The monoisotopic (exact) mass is 618 g/mol. The predicted octanol–water partition coefficient (Wildman–Crippen LogP) is 4.58. The van der Waals surface area contributed by atoms with E-state index in [1.165, 1.54) is 4.90 Å². The minimum Gasteiger partial charge on any atom is -0.377 e. The van der Waals surface area contributed by atoms with Gasteiger partial charge in [-0.25, -0.2) is 14.8 Å². The summed E-state index contributed by atoms with van der Waals surface area (Å²) in [6, 6.07) is 6.97. The lowest BCUT2D eigenvalue weighted by molar-refractivity contribution is -0.147. The van der Waals surface area contributed by atoms with Crippen LogP contribution in [0.25, 0.3) is 11.4 Å². The number of carbonyl (C=O) groups excluding carboxylic acids is 1. The fourth-order valence-corrected chi connectivity index (χ4v) is 4.83. The first-order valence-corrected chi connectivity index (χ1v) is 13.2. The standard InChI is InChI=1S/C24H30F3IN6O2/c1-3-18-13-36-11-10-34(18)22-19-8-9-33(14-24(25,26)27)12-20(19)31-21(32-22)16-4-6-17(7-5-16)30-23(35)29-15(2)28/h4-7,15,18H,3,8-14H2,1-2H3,(H2,29,30,35). The van der Waals surface area contributed by atoms with Gasteiger partial charge in [0.05, 0.1) is 35.5 Å². The van der Waals surface area contributed by atoms with Gasteiger partial charge in [0, 0.05) is 36.4 Å². The molecule has 1 fully saturated rings. The Bertz CT molecular complexity index is 1070. The number of halogens is 4. The largest absolute Gasteiger partial charge is 0.401 e. The zero-order chi connectivity index (χ0) is 25.9. The van der Waals surface area contributed by atoms with Crippen molar-refractivity contribution in [1.29, 1.82) is 0 Å². The van der Waals surface area contributed by atoms with Gasteiger partial charge in [0.15, 0.2) is 5.82 Å². The van der Waals surface area contributed by atoms with Crippen LogP contribution in [-0.4, -0.2) is 70.0 Å². The van der Waals surface area contributed by atoms with Crippen LogP contribution in [0.15, 0.2) is 24.3 Å². The molecule has 196 valence electrons. The number of fused-ring (bicyclic) bond motifs is 1. The van der Waals surface area contributed by atoms with Crippen molar-refractivity contribution in [2.45, 2.75) is 49.5 Å². The van der Waals surface area contributed by atoms with Crippen LogP contribution in [0, 0.1) is 0 Å². The summed E-state index contributed by atoms with van der Waals surface area (Å²) in [5, 5.41) is 5.53. The van der Waals surface area contributed by atoms with Crippen molar-refractivity contribution in [2.75, 3.05) is 43.1 Å². The minimum atomic E-state index is -4.27. The number of nitrogens with zero attached hydrogens (tertiary/aromatic N) is 4. The van der Waals surface area contributed by atoms with Crippen LogP contribution in [0.3, 0.4) is 0 Å². The zero-order valence-electron chi connectivity index (χ0n) is 20.2. The summed E-state index contributed by atoms with van der Waals surface area (Å²) in [5.41, 5.74) is 2.88. The van der Waals surface area contributed by atoms with E-state index in [1.54, 1.807) is 12.1 Å². The van der Waals surface area contributed by atoms with E-state index in [9.17, 15) is 18.0 Å². The molecule has 4 rings (SSSR count). The van der Waals surface area contributed by atoms with Gasteiger partial charge in [-0.3, -0.25) is 4.90 Å². The van der Waals surface area contributed by atoms with E-state index in [-0.39, 0.29) is 22.7 Å². The van der Waals surface area contributed by atoms with Gasteiger partial charge >= 0.3 is 12.2 Å². The number of hydrogen-bond donors (Lipinski definition) is 2. The van der Waals surface area contributed by atoms with Crippen molar-refractivity contribution >= 4 is 40.1 Å². The molecule has 12 heteroatoms. The summed E-state index contributed by atoms with van der Waals surface area (Å²) in [7, 11) is 0. The van der Waals surface area contributed by atoms with Crippen molar-refractivity contribution in [1.82, 2.24) is 20.2 Å². The Morgan fingerprint density at radius 3 is 2.67 bits per heavy atom. The highest BCUT2D eigenvalue weighted by Crippen LogP contribution is 2.33. The maximum Gasteiger partial charge on any atom is 0.401 e. The summed E-state index contributed by atoms with van der Waals surface area (Å²) < 4.78 is 44.9. The second kappa shape index (κ2) is 11.5. The van der Waals surface area contributed by atoms with Gasteiger partial charge in [-0.05, 0) is 44.0 Å². The topological polar surface area (TPSA) is 82.6 Å². The van der Waals surface area contributed by atoms with E-state index < -0.39 is 12.7 Å². The quantitative estimate of drug-likeness (QED) is 0.281. The molecule has 0 saturated carbocycles. The number of aromatic nitrogens is 2. The second-order valence-electron chi connectivity index (χ2n) is 8.99. The number of morpholine rings is 1. The number of amides is 2. The molecule has 1 aromatic carbocycles. The van der Waals surface area contributed by atoms with Gasteiger partial charge in [-0.2, -0.15) is 13.2 Å². The van der Waals surface area contributed by atoms with Gasteiger partial charge in [0.1, 0.15) is 5.82 Å². The summed E-state index contributed by atoms with van der Waals surface area (Å²) in [4.78, 5) is 25.3. The first-order valence-electron chi connectivity index (χ1n) is 12.0. The molecule has 8 nitrogen and oxygen atoms in total. The maximum atomic E-state index is 13.1. The summed E-state index contributed by atoms with van der Waals surface area (Å²) in [6.07, 6.45) is -2.94. The Kier molecular flexibility index (Phi) is 8.56. The van der Waals surface area contributed by atoms with E-state index in [1.807, 2.05) is 19.1 Å². The number of rotatable bonds is 6. The lowest BCUT2D eigenvalue weighted by Crippen LogP contribution is -2.47. The lowest BCUT2D eigenvalue weighted by atomic mass is 10.0. The van der Waals surface area contributed by atoms with Gasteiger partial charge in [-0.15, -0.1) is 0 Å². The Hall–Kier alpha value is -2.19. The molecular weight excluding hydrogens is 588 g/mol. The third-order valence-corrected chi connectivity index (χ3v) is 6.54. The van der Waals surface area contributed by atoms with Gasteiger partial charge in [0.2, 0.25) is 0 Å². The molecule has 0 radical (unpaired) electrons. The van der Waals surface area contributed by atoms with Crippen molar-refractivity contribution in [3.8, 4) is 11.4 Å². The molecule has 1 aromatic heterocycles. The van der Waals surface area contributed by atoms with Crippen molar-refractivity contribution in [2.24, 2.45) is 0 Å². The number of ether oxygens (including phenoxy) is 1. The van der Waals surface area contributed by atoms with E-state index in [2.05, 4.69) is 45.0 Å². The average Bonchev–Trinajstić information content (AvgIpc) is 2.82. The minimum absolute atomic E-state index is 0.0202. The average molecular weight is 618 g/mol.